The molecule has 1 aliphatic heterocycles. The Morgan fingerprint density at radius 3 is 2.78 bits per heavy atom. The molecule has 2 rings (SSSR count). The first-order chi connectivity index (χ1) is 8.70. The number of benzene rings is 1. The van der Waals surface area contributed by atoms with Gasteiger partial charge in [-0.15, -0.1) is 0 Å². The Labute approximate surface area is 123 Å². The Hall–Kier alpha value is -0.250. The van der Waals surface area contributed by atoms with E-state index in [2.05, 4.69) is 39.1 Å². The molecule has 1 N–H and O–H groups in total. The monoisotopic (exact) mass is 330 g/mol. The number of halogens is 2. The van der Waals surface area contributed by atoms with E-state index in [9.17, 15) is 0 Å². The summed E-state index contributed by atoms with van der Waals surface area (Å²) < 4.78 is 1.09. The van der Waals surface area contributed by atoms with Gasteiger partial charge in [0.2, 0.25) is 0 Å². The minimum Gasteiger partial charge on any atom is -0.370 e. The van der Waals surface area contributed by atoms with E-state index in [4.69, 9.17) is 11.6 Å². The van der Waals surface area contributed by atoms with E-state index in [1.807, 2.05) is 12.1 Å². The highest BCUT2D eigenvalue weighted by Crippen LogP contribution is 2.31. The third-order valence-corrected chi connectivity index (χ3v) is 4.24. The molecule has 1 heterocycles. The topological polar surface area (TPSA) is 15.3 Å². The molecule has 4 heteroatoms. The van der Waals surface area contributed by atoms with Crippen LogP contribution in [-0.2, 0) is 0 Å². The van der Waals surface area contributed by atoms with Crippen molar-refractivity contribution in [2.75, 3.05) is 24.5 Å². The Kier molecular flexibility index (Phi) is 5.34. The fraction of sp³-hybridized carbons (Fsp3) is 0.571. The molecule has 1 aromatic carbocycles. The number of nitrogens with zero attached hydrogens (tertiary/aromatic N) is 1. The zero-order chi connectivity index (χ0) is 13.0. The van der Waals surface area contributed by atoms with Gasteiger partial charge in [0.1, 0.15) is 0 Å². The largest absolute Gasteiger partial charge is 0.370 e. The van der Waals surface area contributed by atoms with E-state index >= 15 is 0 Å². The third-order valence-electron chi connectivity index (χ3n) is 3.43. The predicted octanol–water partition coefficient (Wildman–Crippen LogP) is 4.07. The van der Waals surface area contributed by atoms with Crippen molar-refractivity contribution in [3.63, 3.8) is 0 Å². The fourth-order valence-electron chi connectivity index (χ4n) is 2.40. The van der Waals surface area contributed by atoms with Gasteiger partial charge >= 0.3 is 0 Å². The van der Waals surface area contributed by atoms with Crippen LogP contribution in [-0.4, -0.2) is 25.7 Å². The van der Waals surface area contributed by atoms with E-state index < -0.39 is 0 Å². The minimum absolute atomic E-state index is 0.673. The maximum atomic E-state index is 6.27. The molecular formula is C14H20BrClN2. The van der Waals surface area contributed by atoms with Crippen LogP contribution in [0.25, 0.3) is 0 Å². The summed E-state index contributed by atoms with van der Waals surface area (Å²) in [6, 6.07) is 6.73. The summed E-state index contributed by atoms with van der Waals surface area (Å²) >= 11 is 9.78. The van der Waals surface area contributed by atoms with Gasteiger partial charge in [-0.2, -0.15) is 0 Å². The third kappa shape index (κ3) is 3.62. The standard InChI is InChI=1S/C14H20BrClN2/c1-2-7-17-12-5-8-18(9-6-12)14-10-11(15)3-4-13(14)16/h3-4,10,12,17H,2,5-9H2,1H3. The van der Waals surface area contributed by atoms with Gasteiger partial charge < -0.3 is 10.2 Å². The number of nitrogens with one attached hydrogen (secondary N) is 1. The molecule has 18 heavy (non-hydrogen) atoms. The molecule has 0 aromatic heterocycles. The normalized spacial score (nSPS) is 17.2. The lowest BCUT2D eigenvalue weighted by Crippen LogP contribution is -2.42. The minimum atomic E-state index is 0.673. The summed E-state index contributed by atoms with van der Waals surface area (Å²) in [5.41, 5.74) is 1.15. The van der Waals surface area contributed by atoms with E-state index in [0.717, 1.165) is 34.8 Å². The van der Waals surface area contributed by atoms with Gasteiger partial charge in [-0.1, -0.05) is 34.5 Å². The first-order valence-electron chi connectivity index (χ1n) is 6.64. The Balaban J connectivity index is 1.94. The molecule has 0 amide bonds. The van der Waals surface area contributed by atoms with Gasteiger partial charge in [-0.05, 0) is 44.0 Å². The molecule has 0 radical (unpaired) electrons. The average molecular weight is 332 g/mol. The second-order valence-electron chi connectivity index (χ2n) is 4.81. The predicted molar refractivity (Wildman–Crippen MR) is 82.7 cm³/mol. The van der Waals surface area contributed by atoms with Gasteiger partial charge in [0.15, 0.2) is 0 Å². The lowest BCUT2D eigenvalue weighted by atomic mass is 10.0. The molecule has 1 aliphatic rings. The number of piperidine rings is 1. The molecule has 0 saturated carbocycles. The average Bonchev–Trinajstić information content (AvgIpc) is 2.40. The summed E-state index contributed by atoms with van der Waals surface area (Å²) in [5, 5.41) is 4.45. The van der Waals surface area contributed by atoms with Gasteiger partial charge in [-0.25, -0.2) is 0 Å². The maximum absolute atomic E-state index is 6.27. The van der Waals surface area contributed by atoms with Crippen LogP contribution in [0.15, 0.2) is 22.7 Å². The zero-order valence-corrected chi connectivity index (χ0v) is 13.1. The Morgan fingerprint density at radius 1 is 1.39 bits per heavy atom. The SMILES string of the molecule is CCCNC1CCN(c2cc(Br)ccc2Cl)CC1. The first-order valence-corrected chi connectivity index (χ1v) is 7.81. The van der Waals surface area contributed by atoms with Crippen LogP contribution in [0, 0.1) is 0 Å². The molecule has 0 unspecified atom stereocenters. The van der Waals surface area contributed by atoms with Crippen molar-refractivity contribution in [1.29, 1.82) is 0 Å². The lowest BCUT2D eigenvalue weighted by molar-refractivity contribution is 0.416. The van der Waals surface area contributed by atoms with Crippen LogP contribution in [0.3, 0.4) is 0 Å². The van der Waals surface area contributed by atoms with Crippen LogP contribution in [0.4, 0.5) is 5.69 Å². The Bertz CT molecular complexity index is 389. The van der Waals surface area contributed by atoms with E-state index in [1.54, 1.807) is 0 Å². The zero-order valence-electron chi connectivity index (χ0n) is 10.8. The van der Waals surface area contributed by atoms with Crippen molar-refractivity contribution in [2.24, 2.45) is 0 Å². The second-order valence-corrected chi connectivity index (χ2v) is 6.13. The number of hydrogen-bond acceptors (Lipinski definition) is 2. The van der Waals surface area contributed by atoms with Gasteiger partial charge in [0.25, 0.3) is 0 Å². The van der Waals surface area contributed by atoms with Crippen molar-refractivity contribution in [2.45, 2.75) is 32.2 Å². The van der Waals surface area contributed by atoms with Crippen LogP contribution in [0.2, 0.25) is 5.02 Å². The van der Waals surface area contributed by atoms with Gasteiger partial charge in [0.05, 0.1) is 10.7 Å². The van der Waals surface area contributed by atoms with Crippen molar-refractivity contribution in [3.8, 4) is 0 Å². The van der Waals surface area contributed by atoms with Crippen LogP contribution in [0.5, 0.6) is 0 Å². The summed E-state index contributed by atoms with van der Waals surface area (Å²) in [6.07, 6.45) is 3.60. The number of anilines is 1. The first kappa shape index (κ1) is 14.2. The second kappa shape index (κ2) is 6.78. The number of hydrogen-bond donors (Lipinski definition) is 1. The summed E-state index contributed by atoms with van der Waals surface area (Å²) in [7, 11) is 0. The maximum Gasteiger partial charge on any atom is 0.0640 e. The lowest BCUT2D eigenvalue weighted by Gasteiger charge is -2.34. The van der Waals surface area contributed by atoms with Crippen molar-refractivity contribution in [3.05, 3.63) is 27.7 Å². The highest BCUT2D eigenvalue weighted by atomic mass is 79.9. The van der Waals surface area contributed by atoms with Crippen LogP contribution < -0.4 is 10.2 Å². The quantitative estimate of drug-likeness (QED) is 0.894. The van der Waals surface area contributed by atoms with Gasteiger partial charge in [-0.3, -0.25) is 0 Å². The molecule has 100 valence electrons. The van der Waals surface area contributed by atoms with Crippen molar-refractivity contribution in [1.82, 2.24) is 5.32 Å². The molecule has 0 spiro atoms. The van der Waals surface area contributed by atoms with Crippen molar-refractivity contribution >= 4 is 33.2 Å². The van der Waals surface area contributed by atoms with Crippen LogP contribution >= 0.6 is 27.5 Å². The fourth-order valence-corrected chi connectivity index (χ4v) is 2.99. The smallest absolute Gasteiger partial charge is 0.0640 e. The molecule has 1 aromatic rings. The Morgan fingerprint density at radius 2 is 2.11 bits per heavy atom. The molecule has 1 fully saturated rings. The van der Waals surface area contributed by atoms with E-state index in [0.29, 0.717) is 6.04 Å². The molecule has 0 bridgehead atoms. The highest BCUT2D eigenvalue weighted by molar-refractivity contribution is 9.10. The number of rotatable bonds is 4. The summed E-state index contributed by atoms with van der Waals surface area (Å²) in [5.74, 6) is 0. The van der Waals surface area contributed by atoms with Crippen molar-refractivity contribution < 1.29 is 0 Å². The van der Waals surface area contributed by atoms with Crippen LogP contribution in [0.1, 0.15) is 26.2 Å². The summed E-state index contributed by atoms with van der Waals surface area (Å²) in [6.45, 7) is 5.50. The summed E-state index contributed by atoms with van der Waals surface area (Å²) in [4.78, 5) is 2.39. The molecule has 0 atom stereocenters. The molecule has 2 nitrogen and oxygen atoms in total. The molecule has 1 saturated heterocycles. The molecule has 0 aliphatic carbocycles. The highest BCUT2D eigenvalue weighted by Gasteiger charge is 2.20. The van der Waals surface area contributed by atoms with E-state index in [1.165, 1.54) is 19.3 Å². The van der Waals surface area contributed by atoms with E-state index in [-0.39, 0.29) is 0 Å². The molecular weight excluding hydrogens is 312 g/mol. The van der Waals surface area contributed by atoms with Gasteiger partial charge in [0, 0.05) is 23.6 Å².